The van der Waals surface area contributed by atoms with Crippen LogP contribution < -0.4 is 0 Å². The van der Waals surface area contributed by atoms with Gasteiger partial charge >= 0.3 is 59.3 Å². The summed E-state index contributed by atoms with van der Waals surface area (Å²) in [6, 6.07) is 0. The SMILES string of the molecule is CC(C)[AsH]C(C)(C)C. The van der Waals surface area contributed by atoms with E-state index in [0.717, 1.165) is 4.71 Å². The third-order valence-electron chi connectivity index (χ3n) is 0.722. The van der Waals surface area contributed by atoms with Gasteiger partial charge in [-0.05, 0) is 0 Å². The summed E-state index contributed by atoms with van der Waals surface area (Å²) in [6.07, 6.45) is 0. The van der Waals surface area contributed by atoms with Crippen molar-refractivity contribution in [1.29, 1.82) is 0 Å². The molecule has 0 radical (unpaired) electrons. The molecule has 0 aliphatic carbocycles. The Bertz CT molecular complexity index is 59.3. The summed E-state index contributed by atoms with van der Waals surface area (Å²) in [5, 5.41) is 0. The topological polar surface area (TPSA) is 0 Å². The maximum absolute atomic E-state index is 2.34. The summed E-state index contributed by atoms with van der Waals surface area (Å²) in [4.78, 5) is 0. The molecule has 1 unspecified atom stereocenters. The van der Waals surface area contributed by atoms with Crippen molar-refractivity contribution < 1.29 is 0 Å². The molecule has 1 atom stereocenters. The second-order valence-corrected chi connectivity index (χ2v) is 9.72. The fourth-order valence-electron chi connectivity index (χ4n) is 0.866. The predicted molar refractivity (Wildman–Crippen MR) is 42.0 cm³/mol. The summed E-state index contributed by atoms with van der Waals surface area (Å²) >= 11 is 0.299. The quantitative estimate of drug-likeness (QED) is 0.538. The van der Waals surface area contributed by atoms with Crippen LogP contribution in [-0.2, 0) is 0 Å². The van der Waals surface area contributed by atoms with Crippen molar-refractivity contribution in [2.45, 2.75) is 43.5 Å². The molecule has 0 amide bonds. The van der Waals surface area contributed by atoms with Gasteiger partial charge in [-0.3, -0.25) is 0 Å². The molecule has 0 fully saturated rings. The van der Waals surface area contributed by atoms with Crippen molar-refractivity contribution in [2.75, 3.05) is 0 Å². The Morgan fingerprint density at radius 3 is 1.50 bits per heavy atom. The fraction of sp³-hybridized carbons (Fsp3) is 1.00. The molecule has 0 rings (SSSR count). The first-order chi connectivity index (χ1) is 3.42. The Labute approximate surface area is 59.7 Å². The predicted octanol–water partition coefficient (Wildman–Crippen LogP) is 2.47. The van der Waals surface area contributed by atoms with E-state index in [9.17, 15) is 0 Å². The van der Waals surface area contributed by atoms with E-state index in [0.29, 0.717) is 20.0 Å². The summed E-state index contributed by atoms with van der Waals surface area (Å²) in [5.74, 6) is 0. The molecule has 0 aromatic rings. The van der Waals surface area contributed by atoms with Crippen molar-refractivity contribution in [3.8, 4) is 0 Å². The standard InChI is InChI=1S/C7H17As/c1-6(2)8-7(3,4)5/h6,8H,1-5H3. The molecule has 1 heteroatoms. The van der Waals surface area contributed by atoms with Crippen LogP contribution in [0.2, 0.25) is 8.91 Å². The Morgan fingerprint density at radius 1 is 1.12 bits per heavy atom. The van der Waals surface area contributed by atoms with Crippen LogP contribution in [0.5, 0.6) is 0 Å². The first-order valence-corrected chi connectivity index (χ1v) is 5.45. The fourth-order valence-corrected chi connectivity index (χ4v) is 4.50. The minimum atomic E-state index is 0.299. The molecule has 0 aliphatic heterocycles. The van der Waals surface area contributed by atoms with Crippen LogP contribution in [0.3, 0.4) is 0 Å². The zero-order valence-corrected chi connectivity index (χ0v) is 8.68. The molecule has 0 aromatic heterocycles. The van der Waals surface area contributed by atoms with E-state index in [1.54, 1.807) is 0 Å². The number of hydrogen-bond acceptors (Lipinski definition) is 0. The monoisotopic (exact) mass is 176 g/mol. The van der Waals surface area contributed by atoms with Crippen LogP contribution in [0, 0.1) is 0 Å². The van der Waals surface area contributed by atoms with Gasteiger partial charge in [0.1, 0.15) is 0 Å². The molecule has 0 saturated heterocycles. The molecule has 8 heavy (non-hydrogen) atoms. The average molecular weight is 176 g/mol. The maximum atomic E-state index is 2.34. The molecular formula is C7H17As. The molecule has 0 N–H and O–H groups in total. The van der Waals surface area contributed by atoms with E-state index in [-0.39, 0.29) is 0 Å². The zero-order chi connectivity index (χ0) is 6.78. The van der Waals surface area contributed by atoms with Crippen molar-refractivity contribution in [1.82, 2.24) is 0 Å². The molecule has 0 aliphatic rings. The number of hydrogen-bond donors (Lipinski definition) is 0. The molecule has 0 bridgehead atoms. The van der Waals surface area contributed by atoms with Crippen molar-refractivity contribution >= 4 is 15.8 Å². The zero-order valence-electron chi connectivity index (χ0n) is 6.58. The molecule has 0 spiro atoms. The van der Waals surface area contributed by atoms with Gasteiger partial charge in [0.2, 0.25) is 0 Å². The molecule has 50 valence electrons. The van der Waals surface area contributed by atoms with Crippen molar-refractivity contribution in [3.63, 3.8) is 0 Å². The summed E-state index contributed by atoms with van der Waals surface area (Å²) in [7, 11) is 0. The van der Waals surface area contributed by atoms with Crippen LogP contribution in [0.1, 0.15) is 34.6 Å². The van der Waals surface area contributed by atoms with E-state index in [4.69, 9.17) is 0 Å². The van der Waals surface area contributed by atoms with Crippen LogP contribution >= 0.6 is 0 Å². The third-order valence-corrected chi connectivity index (χ3v) is 3.75. The van der Waals surface area contributed by atoms with Gasteiger partial charge in [-0.2, -0.15) is 0 Å². The van der Waals surface area contributed by atoms with E-state index in [1.807, 2.05) is 0 Å². The molecular weight excluding hydrogens is 159 g/mol. The van der Waals surface area contributed by atoms with Gasteiger partial charge in [-0.15, -0.1) is 0 Å². The van der Waals surface area contributed by atoms with Gasteiger partial charge in [-0.25, -0.2) is 0 Å². The molecule has 0 heterocycles. The van der Waals surface area contributed by atoms with E-state index in [1.165, 1.54) is 0 Å². The second kappa shape index (κ2) is 2.92. The van der Waals surface area contributed by atoms with Gasteiger partial charge in [0.15, 0.2) is 0 Å². The summed E-state index contributed by atoms with van der Waals surface area (Å²) in [6.45, 7) is 11.7. The number of rotatable bonds is 1. The Kier molecular flexibility index (Phi) is 3.12. The Morgan fingerprint density at radius 2 is 1.50 bits per heavy atom. The Hall–Kier alpha value is 0.558. The first kappa shape index (κ1) is 8.56. The van der Waals surface area contributed by atoms with Gasteiger partial charge in [-0.1, -0.05) is 0 Å². The molecule has 0 saturated carbocycles. The van der Waals surface area contributed by atoms with Gasteiger partial charge in [0.05, 0.1) is 0 Å². The van der Waals surface area contributed by atoms with E-state index in [2.05, 4.69) is 34.6 Å². The summed E-state index contributed by atoms with van der Waals surface area (Å²) < 4.78 is 1.61. The van der Waals surface area contributed by atoms with Crippen LogP contribution in [-0.4, -0.2) is 15.8 Å². The van der Waals surface area contributed by atoms with Crippen LogP contribution in [0.4, 0.5) is 0 Å². The van der Waals surface area contributed by atoms with E-state index >= 15 is 0 Å². The normalized spacial score (nSPS) is 14.2. The van der Waals surface area contributed by atoms with Gasteiger partial charge < -0.3 is 0 Å². The van der Waals surface area contributed by atoms with Crippen molar-refractivity contribution in [2.24, 2.45) is 0 Å². The second-order valence-electron chi connectivity index (χ2n) is 3.55. The Balaban J connectivity index is 3.39. The minimum absolute atomic E-state index is 0.299. The summed E-state index contributed by atoms with van der Waals surface area (Å²) in [5.41, 5.74) is 0. The van der Waals surface area contributed by atoms with Gasteiger partial charge in [0.25, 0.3) is 0 Å². The first-order valence-electron chi connectivity index (χ1n) is 3.19. The molecule has 0 nitrogen and oxygen atoms in total. The van der Waals surface area contributed by atoms with E-state index < -0.39 is 0 Å². The van der Waals surface area contributed by atoms with Crippen LogP contribution in [0.25, 0.3) is 0 Å². The van der Waals surface area contributed by atoms with Crippen LogP contribution in [0.15, 0.2) is 0 Å². The third kappa shape index (κ3) is 6.56. The average Bonchev–Trinajstić information content (AvgIpc) is 1.21. The van der Waals surface area contributed by atoms with Crippen molar-refractivity contribution in [3.05, 3.63) is 0 Å². The van der Waals surface area contributed by atoms with Gasteiger partial charge in [0, 0.05) is 0 Å². The molecule has 0 aromatic carbocycles.